The number of hydrogen-bond acceptors (Lipinski definition) is 5. The fourth-order valence-corrected chi connectivity index (χ4v) is 4.40. The number of rotatable bonds is 5. The minimum absolute atomic E-state index is 0.0326. The average Bonchev–Trinajstić information content (AvgIpc) is 3.33. The van der Waals surface area contributed by atoms with Gasteiger partial charge in [-0.3, -0.25) is 9.59 Å². The summed E-state index contributed by atoms with van der Waals surface area (Å²) in [5.74, 6) is -0.242. The van der Waals surface area contributed by atoms with E-state index in [1.807, 2.05) is 48.9 Å². The van der Waals surface area contributed by atoms with Crippen LogP contribution in [0.1, 0.15) is 48.4 Å². The maximum absolute atomic E-state index is 13.3. The molecule has 0 radical (unpaired) electrons. The van der Waals surface area contributed by atoms with Crippen LogP contribution in [0.4, 0.5) is 5.69 Å². The van der Waals surface area contributed by atoms with Gasteiger partial charge in [-0.15, -0.1) is 5.10 Å². The van der Waals surface area contributed by atoms with Crippen molar-refractivity contribution in [2.75, 3.05) is 31.1 Å². The number of carbonyl (C=O) groups excluding carboxylic acids is 2. The van der Waals surface area contributed by atoms with Crippen molar-refractivity contribution >= 4 is 17.5 Å². The van der Waals surface area contributed by atoms with Crippen LogP contribution in [0.15, 0.2) is 30.3 Å². The molecule has 1 atom stereocenters. The quantitative estimate of drug-likeness (QED) is 0.833. The molecule has 1 unspecified atom stereocenters. The lowest BCUT2D eigenvalue weighted by molar-refractivity contribution is -0.120. The lowest BCUT2D eigenvalue weighted by Crippen LogP contribution is -2.45. The highest BCUT2D eigenvalue weighted by atomic mass is 16.2. The minimum atomic E-state index is -0.462. The zero-order valence-corrected chi connectivity index (χ0v) is 17.0. The third-order valence-corrected chi connectivity index (χ3v) is 6.01. The van der Waals surface area contributed by atoms with E-state index >= 15 is 0 Å². The predicted molar refractivity (Wildman–Crippen MR) is 110 cm³/mol. The van der Waals surface area contributed by atoms with Gasteiger partial charge in [0.05, 0.1) is 11.7 Å². The molecule has 1 aromatic carbocycles. The van der Waals surface area contributed by atoms with Gasteiger partial charge in [-0.1, -0.05) is 23.4 Å². The van der Waals surface area contributed by atoms with Crippen LogP contribution >= 0.6 is 0 Å². The molecule has 0 spiro atoms. The smallest absolute Gasteiger partial charge is 0.276 e. The Bertz CT molecular complexity index is 875. The summed E-state index contributed by atoms with van der Waals surface area (Å²) in [5, 5.41) is 11.8. The molecule has 3 heterocycles. The molecule has 4 rings (SSSR count). The number of piperidine rings is 1. The molecule has 2 aliphatic heterocycles. The molecule has 1 aromatic heterocycles. The predicted octanol–water partition coefficient (Wildman–Crippen LogP) is 1.78. The van der Waals surface area contributed by atoms with Gasteiger partial charge in [-0.05, 0) is 58.3 Å². The lowest BCUT2D eigenvalue weighted by atomic mass is 10.1. The van der Waals surface area contributed by atoms with E-state index in [1.165, 1.54) is 0 Å². The summed E-state index contributed by atoms with van der Waals surface area (Å²) in [6.07, 6.45) is 2.57. The monoisotopic (exact) mass is 396 g/mol. The largest absolute Gasteiger partial charge is 0.325 e. The van der Waals surface area contributed by atoms with Gasteiger partial charge in [0.2, 0.25) is 5.91 Å². The molecule has 2 saturated heterocycles. The van der Waals surface area contributed by atoms with Gasteiger partial charge in [0.25, 0.3) is 5.91 Å². The fourth-order valence-electron chi connectivity index (χ4n) is 4.40. The first-order chi connectivity index (χ1) is 14.1. The number of amides is 2. The number of aromatic nitrogens is 3. The number of nitrogens with one attached hydrogen (secondary N) is 1. The summed E-state index contributed by atoms with van der Waals surface area (Å²) >= 11 is 0. The Morgan fingerprint density at radius 3 is 2.62 bits per heavy atom. The number of anilines is 1. The van der Waals surface area contributed by atoms with Gasteiger partial charge < -0.3 is 15.1 Å². The van der Waals surface area contributed by atoms with E-state index < -0.39 is 6.04 Å². The highest BCUT2D eigenvalue weighted by Gasteiger charge is 2.39. The van der Waals surface area contributed by atoms with Crippen molar-refractivity contribution in [1.82, 2.24) is 25.2 Å². The van der Waals surface area contributed by atoms with Crippen molar-refractivity contribution in [3.63, 3.8) is 0 Å². The van der Waals surface area contributed by atoms with E-state index in [0.29, 0.717) is 25.2 Å². The summed E-state index contributed by atoms with van der Waals surface area (Å²) < 4.78 is 1.88. The number of hydrogen-bond donors (Lipinski definition) is 1. The molecule has 2 aromatic rings. The van der Waals surface area contributed by atoms with Crippen molar-refractivity contribution in [3.8, 4) is 0 Å². The van der Waals surface area contributed by atoms with E-state index in [1.54, 1.807) is 9.80 Å². The molecular formula is C21H28N6O2. The van der Waals surface area contributed by atoms with Crippen LogP contribution in [-0.2, 0) is 4.79 Å². The SMILES string of the molecule is CCN(C(=O)c1nnn(C2CCNCC2)c1C)C1CCN(c2ccccc2)C1=O. The Morgan fingerprint density at radius 1 is 1.21 bits per heavy atom. The molecule has 8 nitrogen and oxygen atoms in total. The van der Waals surface area contributed by atoms with Gasteiger partial charge in [0, 0.05) is 18.8 Å². The number of likely N-dealkylation sites (N-methyl/N-ethyl adjacent to an activating group) is 1. The number of benzene rings is 1. The first kappa shape index (κ1) is 19.6. The minimum Gasteiger partial charge on any atom is -0.325 e. The third-order valence-electron chi connectivity index (χ3n) is 6.01. The third kappa shape index (κ3) is 3.64. The summed E-state index contributed by atoms with van der Waals surface area (Å²) in [7, 11) is 0. The summed E-state index contributed by atoms with van der Waals surface area (Å²) in [5.41, 5.74) is 2.01. The van der Waals surface area contributed by atoms with E-state index in [9.17, 15) is 9.59 Å². The summed E-state index contributed by atoms with van der Waals surface area (Å²) in [6, 6.07) is 9.42. The number of para-hydroxylation sites is 1. The topological polar surface area (TPSA) is 83.4 Å². The van der Waals surface area contributed by atoms with Crippen molar-refractivity contribution < 1.29 is 9.59 Å². The second-order valence-corrected chi connectivity index (χ2v) is 7.67. The van der Waals surface area contributed by atoms with Gasteiger partial charge in [-0.25, -0.2) is 4.68 Å². The molecule has 154 valence electrons. The lowest BCUT2D eigenvalue weighted by Gasteiger charge is -2.27. The zero-order valence-electron chi connectivity index (χ0n) is 17.0. The number of carbonyl (C=O) groups is 2. The summed E-state index contributed by atoms with van der Waals surface area (Å²) in [4.78, 5) is 29.8. The first-order valence-corrected chi connectivity index (χ1v) is 10.4. The van der Waals surface area contributed by atoms with Crippen LogP contribution in [0.25, 0.3) is 0 Å². The Balaban J connectivity index is 1.53. The zero-order chi connectivity index (χ0) is 20.4. The molecule has 2 aliphatic rings. The second kappa shape index (κ2) is 8.32. The van der Waals surface area contributed by atoms with E-state index in [4.69, 9.17) is 0 Å². The number of nitrogens with zero attached hydrogens (tertiary/aromatic N) is 5. The molecule has 2 fully saturated rings. The van der Waals surface area contributed by atoms with Crippen molar-refractivity contribution in [2.45, 2.75) is 45.2 Å². The normalized spacial score (nSPS) is 20.3. The van der Waals surface area contributed by atoms with Crippen molar-refractivity contribution in [3.05, 3.63) is 41.7 Å². The molecule has 0 aliphatic carbocycles. The Labute approximate surface area is 170 Å². The van der Waals surface area contributed by atoms with Gasteiger partial charge in [0.1, 0.15) is 6.04 Å². The van der Waals surface area contributed by atoms with Crippen LogP contribution in [0.3, 0.4) is 0 Å². The standard InChI is InChI=1S/C21H28N6O2/c1-3-25(18-11-14-26(20(18)28)16-7-5-4-6-8-16)21(29)19-15(2)27(24-23-19)17-9-12-22-13-10-17/h4-8,17-18,22H,3,9-14H2,1-2H3. The van der Waals surface area contributed by atoms with Crippen LogP contribution in [0, 0.1) is 6.92 Å². The van der Waals surface area contributed by atoms with Crippen LogP contribution in [0.5, 0.6) is 0 Å². The maximum atomic E-state index is 13.3. The molecular weight excluding hydrogens is 368 g/mol. The van der Waals surface area contributed by atoms with E-state index in [0.717, 1.165) is 37.3 Å². The van der Waals surface area contributed by atoms with Crippen LogP contribution in [-0.4, -0.2) is 63.9 Å². The Hall–Kier alpha value is -2.74. The molecule has 0 saturated carbocycles. The second-order valence-electron chi connectivity index (χ2n) is 7.67. The van der Waals surface area contributed by atoms with Gasteiger partial charge >= 0.3 is 0 Å². The van der Waals surface area contributed by atoms with E-state index in [2.05, 4.69) is 15.6 Å². The van der Waals surface area contributed by atoms with Gasteiger partial charge in [-0.2, -0.15) is 0 Å². The van der Waals surface area contributed by atoms with Crippen molar-refractivity contribution in [2.24, 2.45) is 0 Å². The highest BCUT2D eigenvalue weighted by molar-refractivity contribution is 6.03. The van der Waals surface area contributed by atoms with Crippen LogP contribution in [0.2, 0.25) is 0 Å². The first-order valence-electron chi connectivity index (χ1n) is 10.4. The van der Waals surface area contributed by atoms with E-state index in [-0.39, 0.29) is 17.9 Å². The highest BCUT2D eigenvalue weighted by Crippen LogP contribution is 2.26. The molecule has 29 heavy (non-hydrogen) atoms. The van der Waals surface area contributed by atoms with Crippen molar-refractivity contribution in [1.29, 1.82) is 0 Å². The van der Waals surface area contributed by atoms with Crippen LogP contribution < -0.4 is 10.2 Å². The molecule has 8 heteroatoms. The Morgan fingerprint density at radius 2 is 1.93 bits per heavy atom. The van der Waals surface area contributed by atoms with Gasteiger partial charge in [0.15, 0.2) is 5.69 Å². The fraction of sp³-hybridized carbons (Fsp3) is 0.524. The molecule has 2 amide bonds. The average molecular weight is 396 g/mol. The summed E-state index contributed by atoms with van der Waals surface area (Å²) in [6.45, 7) is 6.76. The molecule has 1 N–H and O–H groups in total. The molecule has 0 bridgehead atoms. The maximum Gasteiger partial charge on any atom is 0.276 e. The Kier molecular flexibility index (Phi) is 5.62.